The highest BCUT2D eigenvalue weighted by Gasteiger charge is 2.31. The van der Waals surface area contributed by atoms with E-state index in [0.29, 0.717) is 37.6 Å². The van der Waals surface area contributed by atoms with E-state index in [2.05, 4.69) is 15.4 Å². The topological polar surface area (TPSA) is 84.3 Å². The quantitative estimate of drug-likeness (QED) is 0.909. The molecule has 1 atom stereocenters. The number of nitrogens with zero attached hydrogens (tertiary/aromatic N) is 3. The Hall–Kier alpha value is -2.15. The van der Waals surface area contributed by atoms with E-state index in [1.807, 2.05) is 13.0 Å². The van der Waals surface area contributed by atoms with Gasteiger partial charge in [-0.15, -0.1) is 0 Å². The lowest BCUT2D eigenvalue weighted by molar-refractivity contribution is -0.00441. The van der Waals surface area contributed by atoms with Gasteiger partial charge in [0.25, 0.3) is 5.91 Å². The number of H-pyrrole nitrogens is 1. The van der Waals surface area contributed by atoms with Crippen LogP contribution in [-0.4, -0.2) is 45.9 Å². The third-order valence-corrected chi connectivity index (χ3v) is 3.40. The molecule has 2 aromatic rings. The van der Waals surface area contributed by atoms with Crippen molar-refractivity contribution in [2.24, 2.45) is 0 Å². The lowest BCUT2D eigenvalue weighted by Gasteiger charge is -2.34. The second-order valence-electron chi connectivity index (χ2n) is 4.63. The number of hydrogen-bond donors (Lipinski definition) is 1. The first-order valence-corrected chi connectivity index (χ1v) is 6.63. The number of carbonyl (C=O) groups excluding carboxylic acids is 1. The van der Waals surface area contributed by atoms with Gasteiger partial charge in [0.15, 0.2) is 5.69 Å². The van der Waals surface area contributed by atoms with Gasteiger partial charge in [0, 0.05) is 25.2 Å². The van der Waals surface area contributed by atoms with Crippen molar-refractivity contribution in [2.45, 2.75) is 19.4 Å². The van der Waals surface area contributed by atoms with Crippen LogP contribution < -0.4 is 0 Å². The lowest BCUT2D eigenvalue weighted by Crippen LogP contribution is -2.43. The molecular formula is C13H16N4O3. The number of aromatic amines is 1. The normalized spacial score (nSPS) is 19.2. The van der Waals surface area contributed by atoms with Crippen molar-refractivity contribution in [3.63, 3.8) is 0 Å². The molecule has 1 aliphatic heterocycles. The monoisotopic (exact) mass is 276 g/mol. The van der Waals surface area contributed by atoms with Gasteiger partial charge in [0.05, 0.1) is 24.9 Å². The van der Waals surface area contributed by atoms with Gasteiger partial charge < -0.3 is 14.2 Å². The number of carbonyl (C=O) groups is 1. The minimum atomic E-state index is -0.166. The minimum absolute atomic E-state index is 0.142. The maximum Gasteiger partial charge on any atom is 0.276 e. The average Bonchev–Trinajstić information content (AvgIpc) is 3.17. The summed E-state index contributed by atoms with van der Waals surface area (Å²) in [5.41, 5.74) is 1.20. The molecule has 1 fully saturated rings. The number of rotatable bonds is 3. The highest BCUT2D eigenvalue weighted by molar-refractivity contribution is 5.92. The summed E-state index contributed by atoms with van der Waals surface area (Å²) < 4.78 is 10.6. The van der Waals surface area contributed by atoms with E-state index in [0.717, 1.165) is 5.69 Å². The Balaban J connectivity index is 1.84. The third-order valence-electron chi connectivity index (χ3n) is 3.40. The summed E-state index contributed by atoms with van der Waals surface area (Å²) in [4.78, 5) is 14.3. The molecule has 1 saturated heterocycles. The lowest BCUT2D eigenvalue weighted by atomic mass is 10.1. The van der Waals surface area contributed by atoms with E-state index in [1.165, 1.54) is 0 Å². The zero-order chi connectivity index (χ0) is 13.9. The average molecular weight is 276 g/mol. The maximum atomic E-state index is 12.5. The van der Waals surface area contributed by atoms with E-state index in [4.69, 9.17) is 9.26 Å². The molecule has 0 saturated carbocycles. The summed E-state index contributed by atoms with van der Waals surface area (Å²) >= 11 is 0. The van der Waals surface area contributed by atoms with Gasteiger partial charge in [0.2, 0.25) is 0 Å². The Morgan fingerprint density at radius 3 is 3.20 bits per heavy atom. The van der Waals surface area contributed by atoms with E-state index in [9.17, 15) is 4.79 Å². The molecule has 0 aliphatic carbocycles. The number of morpholine rings is 1. The Bertz CT molecular complexity index is 578. The van der Waals surface area contributed by atoms with Gasteiger partial charge in [-0.3, -0.25) is 9.89 Å². The third kappa shape index (κ3) is 2.32. The molecule has 20 heavy (non-hydrogen) atoms. The van der Waals surface area contributed by atoms with E-state index in [1.54, 1.807) is 17.2 Å². The molecule has 0 unspecified atom stereocenters. The van der Waals surface area contributed by atoms with Crippen molar-refractivity contribution in [3.05, 3.63) is 35.5 Å². The van der Waals surface area contributed by atoms with Crippen molar-refractivity contribution >= 4 is 5.91 Å². The SMILES string of the molecule is CCc1cc(C(=O)N2CCOC[C@@H]2c2ccn[nH]2)no1. The van der Waals surface area contributed by atoms with Crippen molar-refractivity contribution in [2.75, 3.05) is 19.8 Å². The van der Waals surface area contributed by atoms with Crippen molar-refractivity contribution in [1.29, 1.82) is 0 Å². The first-order valence-electron chi connectivity index (χ1n) is 6.63. The minimum Gasteiger partial charge on any atom is -0.377 e. The summed E-state index contributed by atoms with van der Waals surface area (Å²) in [6.45, 7) is 3.45. The standard InChI is InChI=1S/C13H16N4O3/c1-2-9-7-11(16-20-9)13(18)17-5-6-19-8-12(17)10-3-4-14-15-10/h3-4,7,12H,2,5-6,8H2,1H3,(H,14,15)/t12-/m1/s1. The second-order valence-corrected chi connectivity index (χ2v) is 4.63. The summed E-state index contributed by atoms with van der Waals surface area (Å²) in [6.07, 6.45) is 2.38. The van der Waals surface area contributed by atoms with Gasteiger partial charge in [-0.1, -0.05) is 12.1 Å². The van der Waals surface area contributed by atoms with Gasteiger partial charge >= 0.3 is 0 Å². The van der Waals surface area contributed by atoms with Crippen molar-refractivity contribution < 1.29 is 14.1 Å². The molecule has 1 N–H and O–H groups in total. The number of ether oxygens (including phenoxy) is 1. The van der Waals surface area contributed by atoms with Crippen LogP contribution in [0.3, 0.4) is 0 Å². The number of aromatic nitrogens is 3. The number of nitrogens with one attached hydrogen (secondary N) is 1. The molecule has 3 rings (SSSR count). The van der Waals surface area contributed by atoms with Gasteiger partial charge in [0.1, 0.15) is 5.76 Å². The Labute approximate surface area is 115 Å². The summed E-state index contributed by atoms with van der Waals surface area (Å²) in [5.74, 6) is 0.566. The van der Waals surface area contributed by atoms with Crippen LogP contribution in [0.25, 0.3) is 0 Å². The summed E-state index contributed by atoms with van der Waals surface area (Å²) in [5, 5.41) is 10.7. The Kier molecular flexibility index (Phi) is 3.51. The highest BCUT2D eigenvalue weighted by atomic mass is 16.5. The number of amides is 1. The smallest absolute Gasteiger partial charge is 0.276 e. The number of hydrogen-bond acceptors (Lipinski definition) is 5. The molecule has 3 heterocycles. The Morgan fingerprint density at radius 2 is 2.50 bits per heavy atom. The fraction of sp³-hybridized carbons (Fsp3) is 0.462. The van der Waals surface area contributed by atoms with Crippen LogP contribution in [0.4, 0.5) is 0 Å². The predicted octanol–water partition coefficient (Wildman–Crippen LogP) is 1.17. The van der Waals surface area contributed by atoms with Crippen LogP contribution in [0.5, 0.6) is 0 Å². The maximum absolute atomic E-state index is 12.5. The van der Waals surface area contributed by atoms with Gasteiger partial charge in [-0.2, -0.15) is 5.10 Å². The van der Waals surface area contributed by atoms with Gasteiger partial charge in [-0.25, -0.2) is 0 Å². The Morgan fingerprint density at radius 1 is 1.60 bits per heavy atom. The van der Waals surface area contributed by atoms with Crippen LogP contribution in [0, 0.1) is 0 Å². The molecule has 0 radical (unpaired) electrons. The van der Waals surface area contributed by atoms with Crippen molar-refractivity contribution in [3.8, 4) is 0 Å². The first-order chi connectivity index (χ1) is 9.79. The molecule has 7 heteroatoms. The van der Waals surface area contributed by atoms with E-state index in [-0.39, 0.29) is 11.9 Å². The summed E-state index contributed by atoms with van der Waals surface area (Å²) in [7, 11) is 0. The molecule has 7 nitrogen and oxygen atoms in total. The van der Waals surface area contributed by atoms with Crippen LogP contribution in [0.2, 0.25) is 0 Å². The molecule has 2 aromatic heterocycles. The second kappa shape index (κ2) is 5.46. The molecule has 0 spiro atoms. The first kappa shape index (κ1) is 12.9. The van der Waals surface area contributed by atoms with E-state index < -0.39 is 0 Å². The van der Waals surface area contributed by atoms with Crippen molar-refractivity contribution in [1.82, 2.24) is 20.3 Å². The molecule has 106 valence electrons. The zero-order valence-corrected chi connectivity index (χ0v) is 11.2. The molecule has 1 aliphatic rings. The number of aryl methyl sites for hydroxylation is 1. The van der Waals surface area contributed by atoms with Crippen LogP contribution >= 0.6 is 0 Å². The van der Waals surface area contributed by atoms with E-state index >= 15 is 0 Å². The van der Waals surface area contributed by atoms with Crippen LogP contribution in [0.15, 0.2) is 22.9 Å². The molecule has 1 amide bonds. The van der Waals surface area contributed by atoms with Gasteiger partial charge in [-0.05, 0) is 6.07 Å². The molecule has 0 aromatic carbocycles. The van der Waals surface area contributed by atoms with Crippen LogP contribution in [-0.2, 0) is 11.2 Å². The largest absolute Gasteiger partial charge is 0.377 e. The predicted molar refractivity (Wildman–Crippen MR) is 69.1 cm³/mol. The molecule has 0 bridgehead atoms. The fourth-order valence-electron chi connectivity index (χ4n) is 2.28. The molecular weight excluding hydrogens is 260 g/mol. The highest BCUT2D eigenvalue weighted by Crippen LogP contribution is 2.24. The fourth-order valence-corrected chi connectivity index (χ4v) is 2.28. The zero-order valence-electron chi connectivity index (χ0n) is 11.2. The van der Waals surface area contributed by atoms with Crippen LogP contribution in [0.1, 0.15) is 34.9 Å². The summed E-state index contributed by atoms with van der Waals surface area (Å²) in [6, 6.07) is 3.38.